The Morgan fingerprint density at radius 3 is 2.06 bits per heavy atom. The van der Waals surface area contributed by atoms with Crippen molar-refractivity contribution in [2.75, 3.05) is 13.2 Å². The minimum Gasteiger partial charge on any atom is -0.494 e. The molecule has 3 rings (SSSR count). The summed E-state index contributed by atoms with van der Waals surface area (Å²) in [5, 5.41) is 0. The molecule has 0 aromatic heterocycles. The highest BCUT2D eigenvalue weighted by atomic mass is 16.5. The van der Waals surface area contributed by atoms with Crippen LogP contribution in [-0.4, -0.2) is 13.2 Å². The molecule has 2 nitrogen and oxygen atoms in total. The maximum atomic E-state index is 6.54. The molecule has 0 saturated heterocycles. The van der Waals surface area contributed by atoms with Gasteiger partial charge in [-0.1, -0.05) is 72.1 Å². The van der Waals surface area contributed by atoms with E-state index in [0.29, 0.717) is 5.92 Å². The van der Waals surface area contributed by atoms with Gasteiger partial charge in [0, 0.05) is 5.56 Å². The van der Waals surface area contributed by atoms with Crippen LogP contribution < -0.4 is 9.47 Å². The molecular weight excluding hydrogens is 392 g/mol. The van der Waals surface area contributed by atoms with Crippen molar-refractivity contribution in [3.05, 3.63) is 23.8 Å². The van der Waals surface area contributed by atoms with Gasteiger partial charge in [-0.25, -0.2) is 0 Å². The van der Waals surface area contributed by atoms with Crippen molar-refractivity contribution in [2.24, 2.45) is 17.8 Å². The molecule has 2 fully saturated rings. The molecule has 0 atom stereocenters. The van der Waals surface area contributed by atoms with Crippen molar-refractivity contribution < 1.29 is 9.47 Å². The fraction of sp³-hybridized carbons (Fsp3) is 0.800. The Morgan fingerprint density at radius 1 is 0.688 bits per heavy atom. The van der Waals surface area contributed by atoms with Gasteiger partial charge in [0.25, 0.3) is 0 Å². The average Bonchev–Trinajstić information content (AvgIpc) is 2.83. The number of benzene rings is 1. The summed E-state index contributed by atoms with van der Waals surface area (Å²) in [5.74, 6) is 5.45. The van der Waals surface area contributed by atoms with Crippen LogP contribution in [-0.2, 0) is 0 Å². The van der Waals surface area contributed by atoms with E-state index in [4.69, 9.17) is 9.47 Å². The van der Waals surface area contributed by atoms with Gasteiger partial charge in [-0.15, -0.1) is 0 Å². The normalized spacial score (nSPS) is 26.1. The Balaban J connectivity index is 1.56. The summed E-state index contributed by atoms with van der Waals surface area (Å²) in [5.41, 5.74) is 1.42. The summed E-state index contributed by atoms with van der Waals surface area (Å²) in [4.78, 5) is 0. The van der Waals surface area contributed by atoms with E-state index in [0.717, 1.165) is 48.9 Å². The molecule has 32 heavy (non-hydrogen) atoms. The van der Waals surface area contributed by atoms with Crippen LogP contribution in [0.1, 0.15) is 129 Å². The lowest BCUT2D eigenvalue weighted by molar-refractivity contribution is 0.175. The fourth-order valence-corrected chi connectivity index (χ4v) is 6.03. The van der Waals surface area contributed by atoms with Gasteiger partial charge in [0.1, 0.15) is 11.5 Å². The van der Waals surface area contributed by atoms with Gasteiger partial charge in [-0.05, 0) is 86.8 Å². The predicted molar refractivity (Wildman–Crippen MR) is 137 cm³/mol. The highest BCUT2D eigenvalue weighted by Gasteiger charge is 2.26. The largest absolute Gasteiger partial charge is 0.494 e. The first-order chi connectivity index (χ1) is 15.7. The Bertz CT molecular complexity index is 624. The number of rotatable bonds is 13. The van der Waals surface area contributed by atoms with E-state index in [1.807, 2.05) is 0 Å². The van der Waals surface area contributed by atoms with Crippen LogP contribution in [0, 0.1) is 17.8 Å². The highest BCUT2D eigenvalue weighted by molar-refractivity contribution is 5.43. The number of ether oxygens (including phenoxy) is 2. The second kappa shape index (κ2) is 14.2. The minimum atomic E-state index is 0.637. The minimum absolute atomic E-state index is 0.637. The van der Waals surface area contributed by atoms with Gasteiger partial charge >= 0.3 is 0 Å². The van der Waals surface area contributed by atoms with Crippen molar-refractivity contribution >= 4 is 0 Å². The zero-order chi connectivity index (χ0) is 22.6. The Labute approximate surface area is 198 Å². The Kier molecular flexibility index (Phi) is 11.3. The maximum Gasteiger partial charge on any atom is 0.123 e. The first-order valence-electron chi connectivity index (χ1n) is 14.1. The first-order valence-corrected chi connectivity index (χ1v) is 14.1. The molecule has 0 N–H and O–H groups in total. The van der Waals surface area contributed by atoms with Crippen LogP contribution in [0.2, 0.25) is 0 Å². The maximum absolute atomic E-state index is 6.54. The van der Waals surface area contributed by atoms with Crippen molar-refractivity contribution in [1.82, 2.24) is 0 Å². The fourth-order valence-electron chi connectivity index (χ4n) is 6.03. The SMILES string of the molecule is CCCCCC1CCC(COc2ccc(OCCC)cc2C2CCC(CCC)CC2)CC1. The summed E-state index contributed by atoms with van der Waals surface area (Å²) in [6.07, 6.45) is 20.3. The topological polar surface area (TPSA) is 18.5 Å². The number of unbranched alkanes of at least 4 members (excludes halogenated alkanes) is 2. The standard InChI is InChI=1S/C30H50O2/c1-4-7-8-10-25-11-13-26(14-12-25)23-32-30-20-19-28(31-21-6-3)22-29(30)27-17-15-24(9-5-2)16-18-27/h19-20,22,24-27H,4-18,21,23H2,1-3H3. The molecule has 2 heteroatoms. The summed E-state index contributed by atoms with van der Waals surface area (Å²) < 4.78 is 12.5. The first kappa shape index (κ1) is 25.4. The van der Waals surface area contributed by atoms with Crippen molar-refractivity contribution in [1.29, 1.82) is 0 Å². The molecule has 0 spiro atoms. The van der Waals surface area contributed by atoms with E-state index in [1.54, 1.807) is 0 Å². The van der Waals surface area contributed by atoms with Gasteiger partial charge in [0.2, 0.25) is 0 Å². The molecule has 2 aliphatic rings. The number of hydrogen-bond acceptors (Lipinski definition) is 2. The second-order valence-corrected chi connectivity index (χ2v) is 10.7. The van der Waals surface area contributed by atoms with E-state index >= 15 is 0 Å². The van der Waals surface area contributed by atoms with Crippen molar-refractivity contribution in [3.63, 3.8) is 0 Å². The molecule has 1 aromatic rings. The zero-order valence-electron chi connectivity index (χ0n) is 21.4. The van der Waals surface area contributed by atoms with Crippen molar-refractivity contribution in [3.8, 4) is 11.5 Å². The quantitative estimate of drug-likeness (QED) is 0.283. The summed E-state index contributed by atoms with van der Waals surface area (Å²) in [6, 6.07) is 6.64. The molecular formula is C30H50O2. The van der Waals surface area contributed by atoms with Gasteiger partial charge in [-0.3, -0.25) is 0 Å². The molecule has 0 unspecified atom stereocenters. The van der Waals surface area contributed by atoms with Crippen LogP contribution in [0.25, 0.3) is 0 Å². The smallest absolute Gasteiger partial charge is 0.123 e. The summed E-state index contributed by atoms with van der Waals surface area (Å²) >= 11 is 0. The third kappa shape index (κ3) is 7.99. The van der Waals surface area contributed by atoms with E-state index in [2.05, 4.69) is 39.0 Å². The Hall–Kier alpha value is -1.18. The molecule has 1 aromatic carbocycles. The third-order valence-electron chi connectivity index (χ3n) is 8.09. The van der Waals surface area contributed by atoms with Crippen molar-refractivity contribution in [2.45, 2.75) is 123 Å². The lowest BCUT2D eigenvalue weighted by atomic mass is 9.77. The molecule has 0 aliphatic heterocycles. The van der Waals surface area contributed by atoms with Crippen LogP contribution in [0.3, 0.4) is 0 Å². The molecule has 0 amide bonds. The van der Waals surface area contributed by atoms with Crippen LogP contribution in [0.5, 0.6) is 11.5 Å². The van der Waals surface area contributed by atoms with E-state index in [-0.39, 0.29) is 0 Å². The molecule has 2 aliphatic carbocycles. The van der Waals surface area contributed by atoms with Gasteiger partial charge in [0.05, 0.1) is 13.2 Å². The molecule has 0 heterocycles. The van der Waals surface area contributed by atoms with E-state index in [1.165, 1.54) is 95.5 Å². The van der Waals surface area contributed by atoms with Crippen LogP contribution in [0.4, 0.5) is 0 Å². The molecule has 0 bridgehead atoms. The monoisotopic (exact) mass is 442 g/mol. The van der Waals surface area contributed by atoms with E-state index in [9.17, 15) is 0 Å². The lowest BCUT2D eigenvalue weighted by Gasteiger charge is -2.31. The molecule has 2 saturated carbocycles. The third-order valence-corrected chi connectivity index (χ3v) is 8.09. The average molecular weight is 443 g/mol. The van der Waals surface area contributed by atoms with Gasteiger partial charge in [-0.2, -0.15) is 0 Å². The van der Waals surface area contributed by atoms with Crippen LogP contribution in [0.15, 0.2) is 18.2 Å². The molecule has 0 radical (unpaired) electrons. The summed E-state index contributed by atoms with van der Waals surface area (Å²) in [7, 11) is 0. The lowest BCUT2D eigenvalue weighted by Crippen LogP contribution is -2.21. The van der Waals surface area contributed by atoms with E-state index < -0.39 is 0 Å². The second-order valence-electron chi connectivity index (χ2n) is 10.7. The summed E-state index contributed by atoms with van der Waals surface area (Å²) in [6.45, 7) is 8.50. The number of hydrogen-bond donors (Lipinski definition) is 0. The van der Waals surface area contributed by atoms with Gasteiger partial charge < -0.3 is 9.47 Å². The van der Waals surface area contributed by atoms with Gasteiger partial charge in [0.15, 0.2) is 0 Å². The molecule has 182 valence electrons. The predicted octanol–water partition coefficient (Wildman–Crippen LogP) is 9.31. The highest BCUT2D eigenvalue weighted by Crippen LogP contribution is 2.42. The van der Waals surface area contributed by atoms with Crippen LogP contribution >= 0.6 is 0 Å². The zero-order valence-corrected chi connectivity index (χ0v) is 21.4. The Morgan fingerprint density at radius 2 is 1.38 bits per heavy atom.